The second-order valence-electron chi connectivity index (χ2n) is 13.0. The molecule has 1 fully saturated rings. The Balaban J connectivity index is 1.19. The van der Waals surface area contributed by atoms with Crippen molar-refractivity contribution >= 4 is 50.3 Å². The second-order valence-corrected chi connectivity index (χ2v) is 15.2. The van der Waals surface area contributed by atoms with E-state index in [0.29, 0.717) is 25.3 Å². The van der Waals surface area contributed by atoms with Gasteiger partial charge in [0, 0.05) is 32.4 Å². The molecular formula is C37H36ClF3N8O6S. The first-order valence-electron chi connectivity index (χ1n) is 17.7. The monoisotopic (exact) mass is 812 g/mol. The zero-order valence-electron chi connectivity index (χ0n) is 30.0. The zero-order valence-corrected chi connectivity index (χ0v) is 31.6. The first kappa shape index (κ1) is 39.0. The molecule has 0 spiro atoms. The standard InChI is InChI=1S/C37H36ClF3N8O6S/c1-2-29-32(46-15-17-47(18-16-46)56(52,53)34-30(9-6-14-42-34)55-23-24-7-4-3-5-8-24)35(51)49-36(44-33(45-49)25-12-19-54-20-13-25)48(29)22-31(50)43-28-11-10-26(21-27(28)38)37(39,40)41/h3-12,14,21H,2,13,15-20,22-23H2,1H3,(H,43,50). The van der Waals surface area contributed by atoms with Gasteiger partial charge in [-0.25, -0.2) is 13.4 Å². The van der Waals surface area contributed by atoms with Crippen molar-refractivity contribution in [2.45, 2.75) is 44.1 Å². The molecule has 19 heteroatoms. The summed E-state index contributed by atoms with van der Waals surface area (Å²) in [4.78, 5) is 38.5. The third-order valence-corrected chi connectivity index (χ3v) is 11.5. The minimum atomic E-state index is -4.63. The van der Waals surface area contributed by atoms with Gasteiger partial charge in [0.05, 0.1) is 35.2 Å². The predicted octanol–water partition coefficient (Wildman–Crippen LogP) is 5.05. The molecule has 2 aromatic carbocycles. The fourth-order valence-corrected chi connectivity index (χ4v) is 8.30. The molecule has 0 unspecified atom stereocenters. The Kier molecular flexibility index (Phi) is 11.2. The molecule has 14 nitrogen and oxygen atoms in total. The van der Waals surface area contributed by atoms with E-state index < -0.39 is 39.8 Å². The number of sulfonamides is 1. The van der Waals surface area contributed by atoms with Gasteiger partial charge in [-0.15, -0.1) is 5.10 Å². The van der Waals surface area contributed by atoms with Crippen molar-refractivity contribution in [2.24, 2.45) is 0 Å². The van der Waals surface area contributed by atoms with Crippen LogP contribution >= 0.6 is 11.6 Å². The number of aromatic nitrogens is 5. The molecule has 0 atom stereocenters. The number of alkyl halides is 3. The normalized spacial score (nSPS) is 15.5. The van der Waals surface area contributed by atoms with E-state index >= 15 is 0 Å². The lowest BCUT2D eigenvalue weighted by atomic mass is 10.1. The molecule has 7 rings (SSSR count). The highest BCUT2D eigenvalue weighted by molar-refractivity contribution is 7.89. The quantitative estimate of drug-likeness (QED) is 0.192. The van der Waals surface area contributed by atoms with Gasteiger partial charge in [-0.1, -0.05) is 54.9 Å². The molecule has 5 heterocycles. The maximum Gasteiger partial charge on any atom is 0.416 e. The average Bonchev–Trinajstić information content (AvgIpc) is 3.66. The number of nitrogens with zero attached hydrogens (tertiary/aromatic N) is 7. The highest BCUT2D eigenvalue weighted by Crippen LogP contribution is 2.34. The van der Waals surface area contributed by atoms with Crippen molar-refractivity contribution in [1.82, 2.24) is 28.5 Å². The lowest BCUT2D eigenvalue weighted by Crippen LogP contribution is -2.51. The van der Waals surface area contributed by atoms with E-state index in [4.69, 9.17) is 21.1 Å². The number of piperazine rings is 1. The van der Waals surface area contributed by atoms with Gasteiger partial charge in [-0.05, 0) is 54.3 Å². The van der Waals surface area contributed by atoms with Gasteiger partial charge in [-0.2, -0.15) is 27.0 Å². The molecule has 2 aliphatic heterocycles. The molecule has 0 radical (unpaired) electrons. The maximum absolute atomic E-state index is 14.3. The largest absolute Gasteiger partial charge is 0.486 e. The SMILES string of the molecule is CCc1c(N2CCN(S(=O)(=O)c3ncccc3OCc3ccccc3)CC2)c(=O)n2nc(C3=CCOCC3)nc2n1CC(=O)Nc1ccc(C(F)(F)F)cc1Cl. The smallest absolute Gasteiger partial charge is 0.416 e. The first-order chi connectivity index (χ1) is 26.8. The molecule has 5 aromatic rings. The van der Waals surface area contributed by atoms with Crippen LogP contribution in [0, 0.1) is 0 Å². The number of carbonyl (C=O) groups excluding carboxylic acids is 1. The molecule has 1 amide bonds. The van der Waals surface area contributed by atoms with Gasteiger partial charge in [0.25, 0.3) is 15.6 Å². The summed E-state index contributed by atoms with van der Waals surface area (Å²) >= 11 is 6.14. The molecule has 0 aliphatic carbocycles. The van der Waals surface area contributed by atoms with Gasteiger partial charge in [-0.3, -0.25) is 9.59 Å². The Labute approximate surface area is 324 Å². The number of hydrogen-bond donors (Lipinski definition) is 1. The highest BCUT2D eigenvalue weighted by atomic mass is 35.5. The lowest BCUT2D eigenvalue weighted by Gasteiger charge is -2.36. The van der Waals surface area contributed by atoms with Crippen molar-refractivity contribution in [1.29, 1.82) is 0 Å². The summed E-state index contributed by atoms with van der Waals surface area (Å²) in [6.07, 6.45) is -0.680. The van der Waals surface area contributed by atoms with Crippen molar-refractivity contribution in [2.75, 3.05) is 49.6 Å². The van der Waals surface area contributed by atoms with E-state index in [0.717, 1.165) is 33.9 Å². The maximum atomic E-state index is 14.3. The van der Waals surface area contributed by atoms with Crippen LogP contribution in [-0.2, 0) is 45.3 Å². The van der Waals surface area contributed by atoms with E-state index in [-0.39, 0.29) is 78.0 Å². The van der Waals surface area contributed by atoms with Crippen LogP contribution in [0.5, 0.6) is 5.75 Å². The number of halogens is 4. The summed E-state index contributed by atoms with van der Waals surface area (Å²) in [5.74, 6) is -0.186. The number of rotatable bonds is 11. The Morgan fingerprint density at radius 1 is 1.05 bits per heavy atom. The summed E-state index contributed by atoms with van der Waals surface area (Å²) < 4.78 is 82.9. The van der Waals surface area contributed by atoms with Crippen LogP contribution in [0.4, 0.5) is 24.5 Å². The predicted molar refractivity (Wildman–Crippen MR) is 201 cm³/mol. The Morgan fingerprint density at radius 2 is 1.82 bits per heavy atom. The van der Waals surface area contributed by atoms with Crippen molar-refractivity contribution < 1.29 is 35.9 Å². The zero-order chi connectivity index (χ0) is 39.6. The Hall–Kier alpha value is -5.30. The summed E-state index contributed by atoms with van der Waals surface area (Å²) in [7, 11) is -4.12. The topological polar surface area (TPSA) is 153 Å². The molecule has 0 saturated carbocycles. The summed E-state index contributed by atoms with van der Waals surface area (Å²) in [5.41, 5.74) is 0.730. The molecule has 1 saturated heterocycles. The van der Waals surface area contributed by atoms with Gasteiger partial charge >= 0.3 is 6.18 Å². The third-order valence-electron chi connectivity index (χ3n) is 9.40. The average molecular weight is 813 g/mol. The second kappa shape index (κ2) is 16.0. The van der Waals surface area contributed by atoms with E-state index in [2.05, 4.69) is 20.4 Å². The molecule has 2 aliphatic rings. The molecular weight excluding hydrogens is 777 g/mol. The van der Waals surface area contributed by atoms with Crippen molar-refractivity contribution in [3.8, 4) is 5.75 Å². The van der Waals surface area contributed by atoms with Crippen molar-refractivity contribution in [3.63, 3.8) is 0 Å². The van der Waals surface area contributed by atoms with Crippen LogP contribution in [0.15, 0.2) is 82.8 Å². The van der Waals surface area contributed by atoms with E-state index in [9.17, 15) is 31.2 Å². The van der Waals surface area contributed by atoms with Gasteiger partial charge in [0.1, 0.15) is 18.8 Å². The third kappa shape index (κ3) is 8.00. The minimum absolute atomic E-state index is 0.0000631. The fourth-order valence-electron chi connectivity index (χ4n) is 6.61. The summed E-state index contributed by atoms with van der Waals surface area (Å²) in [6.45, 7) is 2.52. The molecule has 3 aromatic heterocycles. The van der Waals surface area contributed by atoms with Crippen LogP contribution in [0.1, 0.15) is 36.0 Å². The number of carbonyl (C=O) groups is 1. The number of amides is 1. The number of benzene rings is 2. The van der Waals surface area contributed by atoms with Crippen LogP contribution in [-0.4, -0.2) is 82.2 Å². The number of pyridine rings is 1. The number of ether oxygens (including phenoxy) is 2. The summed E-state index contributed by atoms with van der Waals surface area (Å²) in [6, 6.07) is 15.1. The van der Waals surface area contributed by atoms with Crippen LogP contribution in [0.3, 0.4) is 0 Å². The number of hydrogen-bond acceptors (Lipinski definition) is 10. The minimum Gasteiger partial charge on any atom is -0.486 e. The van der Waals surface area contributed by atoms with E-state index in [1.54, 1.807) is 24.0 Å². The Morgan fingerprint density at radius 3 is 2.50 bits per heavy atom. The van der Waals surface area contributed by atoms with Crippen molar-refractivity contribution in [3.05, 3.63) is 111 Å². The van der Waals surface area contributed by atoms with Crippen LogP contribution < -0.4 is 20.5 Å². The summed E-state index contributed by atoms with van der Waals surface area (Å²) in [5, 5.41) is 6.59. The van der Waals surface area contributed by atoms with Gasteiger partial charge < -0.3 is 24.3 Å². The molecule has 0 bridgehead atoms. The van der Waals surface area contributed by atoms with Gasteiger partial charge in [0.15, 0.2) is 11.6 Å². The number of nitrogens with one attached hydrogen (secondary N) is 1. The van der Waals surface area contributed by atoms with Gasteiger partial charge in [0.2, 0.25) is 16.7 Å². The molecule has 1 N–H and O–H groups in total. The Bertz CT molecular complexity index is 2470. The fraction of sp³-hybridized carbons (Fsp3) is 0.324. The van der Waals surface area contributed by atoms with E-state index in [1.807, 2.05) is 36.4 Å². The number of anilines is 2. The van der Waals surface area contributed by atoms with E-state index in [1.165, 1.54) is 15.1 Å². The molecule has 294 valence electrons. The molecule has 56 heavy (non-hydrogen) atoms. The number of fused-ring (bicyclic) bond motifs is 1. The van der Waals surface area contributed by atoms with Crippen LogP contribution in [0.25, 0.3) is 11.4 Å². The first-order valence-corrected chi connectivity index (χ1v) is 19.5. The lowest BCUT2D eigenvalue weighted by molar-refractivity contribution is -0.137. The van der Waals surface area contributed by atoms with Crippen LogP contribution in [0.2, 0.25) is 5.02 Å². The highest BCUT2D eigenvalue weighted by Gasteiger charge is 2.35.